The van der Waals surface area contributed by atoms with Crippen molar-refractivity contribution in [3.05, 3.63) is 87.1 Å². The Balaban J connectivity index is 1.71. The van der Waals surface area contributed by atoms with Crippen LogP contribution in [0.25, 0.3) is 0 Å². The number of anilines is 1. The summed E-state index contributed by atoms with van der Waals surface area (Å²) in [6.07, 6.45) is 1.79. The molecule has 0 aliphatic carbocycles. The van der Waals surface area contributed by atoms with E-state index in [1.807, 2.05) is 31.2 Å². The van der Waals surface area contributed by atoms with Gasteiger partial charge in [-0.3, -0.25) is 19.6 Å². The van der Waals surface area contributed by atoms with Gasteiger partial charge in [-0.15, -0.1) is 0 Å². The Labute approximate surface area is 150 Å². The summed E-state index contributed by atoms with van der Waals surface area (Å²) < 4.78 is 1.75. The summed E-state index contributed by atoms with van der Waals surface area (Å²) in [5, 5.41) is 17.9. The number of benzene rings is 2. The number of nitro groups is 1. The number of hydrogen-bond acceptors (Lipinski definition) is 4. The van der Waals surface area contributed by atoms with Gasteiger partial charge in [-0.1, -0.05) is 24.3 Å². The molecule has 1 N–H and O–H groups in total. The Morgan fingerprint density at radius 1 is 1.15 bits per heavy atom. The molecule has 0 atom stereocenters. The predicted octanol–water partition coefficient (Wildman–Crippen LogP) is 3.71. The van der Waals surface area contributed by atoms with Gasteiger partial charge >= 0.3 is 0 Å². The van der Waals surface area contributed by atoms with Crippen molar-refractivity contribution in [3.8, 4) is 0 Å². The van der Waals surface area contributed by atoms with Crippen LogP contribution in [-0.4, -0.2) is 20.6 Å². The quantitative estimate of drug-likeness (QED) is 0.561. The number of amides is 1. The third-order valence-electron chi connectivity index (χ3n) is 4.13. The van der Waals surface area contributed by atoms with Crippen LogP contribution >= 0.6 is 0 Å². The van der Waals surface area contributed by atoms with Crippen molar-refractivity contribution in [2.45, 2.75) is 20.4 Å². The summed E-state index contributed by atoms with van der Waals surface area (Å²) in [6, 6.07) is 14.0. The number of nitrogens with zero attached hydrogens (tertiary/aromatic N) is 3. The van der Waals surface area contributed by atoms with Gasteiger partial charge in [0.25, 0.3) is 11.6 Å². The van der Waals surface area contributed by atoms with Gasteiger partial charge in [0.15, 0.2) is 5.82 Å². The summed E-state index contributed by atoms with van der Waals surface area (Å²) in [6.45, 7) is 4.25. The van der Waals surface area contributed by atoms with E-state index in [1.54, 1.807) is 23.9 Å². The Morgan fingerprint density at radius 2 is 1.92 bits per heavy atom. The molecule has 0 radical (unpaired) electrons. The van der Waals surface area contributed by atoms with Gasteiger partial charge in [-0.2, -0.15) is 5.10 Å². The van der Waals surface area contributed by atoms with Crippen molar-refractivity contribution in [2.24, 2.45) is 0 Å². The zero-order chi connectivity index (χ0) is 18.7. The molecule has 0 saturated heterocycles. The lowest BCUT2D eigenvalue weighted by Crippen LogP contribution is -2.13. The zero-order valence-corrected chi connectivity index (χ0v) is 14.5. The molecule has 3 rings (SSSR count). The minimum absolute atomic E-state index is 0.0101. The smallest absolute Gasteiger partial charge is 0.272 e. The van der Waals surface area contributed by atoms with E-state index in [4.69, 9.17) is 0 Å². The first-order valence-electron chi connectivity index (χ1n) is 8.08. The summed E-state index contributed by atoms with van der Waals surface area (Å²) >= 11 is 0. The predicted molar refractivity (Wildman–Crippen MR) is 98.3 cm³/mol. The summed E-state index contributed by atoms with van der Waals surface area (Å²) in [5.74, 6) is 0.0729. The van der Waals surface area contributed by atoms with E-state index in [0.29, 0.717) is 23.5 Å². The number of carbonyl (C=O) groups excluding carboxylic acids is 1. The Hall–Kier alpha value is -3.48. The normalized spacial score (nSPS) is 10.5. The second-order valence-electron chi connectivity index (χ2n) is 6.04. The Kier molecular flexibility index (Phi) is 4.79. The molecule has 132 valence electrons. The number of rotatable bonds is 5. The highest BCUT2D eigenvalue weighted by Gasteiger charge is 2.14. The fraction of sp³-hybridized carbons (Fsp3) is 0.158. The summed E-state index contributed by atoms with van der Waals surface area (Å²) in [7, 11) is 0. The van der Waals surface area contributed by atoms with Crippen LogP contribution in [0.5, 0.6) is 0 Å². The van der Waals surface area contributed by atoms with Crippen LogP contribution < -0.4 is 5.32 Å². The van der Waals surface area contributed by atoms with E-state index in [2.05, 4.69) is 10.4 Å². The number of nitrogens with one attached hydrogen (secondary N) is 1. The third-order valence-corrected chi connectivity index (χ3v) is 4.13. The van der Waals surface area contributed by atoms with E-state index >= 15 is 0 Å². The molecule has 1 heterocycles. The molecule has 1 amide bonds. The number of aromatic nitrogens is 2. The number of carbonyl (C=O) groups is 1. The molecule has 26 heavy (non-hydrogen) atoms. The van der Waals surface area contributed by atoms with Gasteiger partial charge in [-0.25, -0.2) is 0 Å². The van der Waals surface area contributed by atoms with Crippen molar-refractivity contribution in [1.82, 2.24) is 9.78 Å². The van der Waals surface area contributed by atoms with Crippen molar-refractivity contribution in [2.75, 3.05) is 5.32 Å². The van der Waals surface area contributed by atoms with Crippen molar-refractivity contribution >= 4 is 17.4 Å². The average Bonchev–Trinajstić information content (AvgIpc) is 3.03. The lowest BCUT2D eigenvalue weighted by atomic mass is 10.1. The summed E-state index contributed by atoms with van der Waals surface area (Å²) in [4.78, 5) is 22.7. The molecule has 3 aromatic rings. The highest BCUT2D eigenvalue weighted by Crippen LogP contribution is 2.19. The van der Waals surface area contributed by atoms with E-state index in [1.165, 1.54) is 23.8 Å². The van der Waals surface area contributed by atoms with Gasteiger partial charge in [-0.05, 0) is 37.1 Å². The molecule has 1 aromatic heterocycles. The molecule has 0 unspecified atom stereocenters. The molecule has 0 bridgehead atoms. The fourth-order valence-corrected chi connectivity index (χ4v) is 2.67. The monoisotopic (exact) mass is 350 g/mol. The lowest BCUT2D eigenvalue weighted by Gasteiger charge is -2.06. The van der Waals surface area contributed by atoms with Crippen molar-refractivity contribution in [1.29, 1.82) is 0 Å². The van der Waals surface area contributed by atoms with E-state index in [-0.39, 0.29) is 11.6 Å². The van der Waals surface area contributed by atoms with E-state index < -0.39 is 4.92 Å². The first kappa shape index (κ1) is 17.3. The highest BCUT2D eigenvalue weighted by molar-refractivity contribution is 6.04. The van der Waals surface area contributed by atoms with E-state index in [0.717, 1.165) is 5.56 Å². The fourth-order valence-electron chi connectivity index (χ4n) is 2.67. The lowest BCUT2D eigenvalue weighted by molar-refractivity contribution is -0.385. The molecular formula is C19H18N4O3. The summed E-state index contributed by atoms with van der Waals surface area (Å²) in [5.41, 5.74) is 3.10. The second kappa shape index (κ2) is 7.18. The van der Waals surface area contributed by atoms with Gasteiger partial charge in [0.05, 0.1) is 11.5 Å². The van der Waals surface area contributed by atoms with Crippen molar-refractivity contribution in [3.63, 3.8) is 0 Å². The maximum atomic E-state index is 12.3. The van der Waals surface area contributed by atoms with Crippen LogP contribution in [0.15, 0.2) is 54.7 Å². The second-order valence-corrected chi connectivity index (χ2v) is 6.04. The molecule has 0 saturated carbocycles. The number of hydrogen-bond donors (Lipinski definition) is 1. The van der Waals surface area contributed by atoms with Gasteiger partial charge < -0.3 is 5.32 Å². The first-order valence-corrected chi connectivity index (χ1v) is 8.08. The Bertz CT molecular complexity index is 978. The molecule has 7 nitrogen and oxygen atoms in total. The van der Waals surface area contributed by atoms with Crippen LogP contribution in [0.4, 0.5) is 11.5 Å². The molecule has 0 spiro atoms. The maximum Gasteiger partial charge on any atom is 0.272 e. The standard InChI is InChI=1S/C19H18N4O3/c1-13-5-3-4-6-16(13)12-22-10-9-18(21-22)20-19(24)15-7-8-17(23(25)26)14(2)11-15/h3-11H,12H2,1-2H3,(H,20,21,24). The highest BCUT2D eigenvalue weighted by atomic mass is 16.6. The van der Waals surface area contributed by atoms with Gasteiger partial charge in [0.2, 0.25) is 0 Å². The van der Waals surface area contributed by atoms with Crippen LogP contribution in [0.1, 0.15) is 27.0 Å². The van der Waals surface area contributed by atoms with Crippen LogP contribution in [0.3, 0.4) is 0 Å². The SMILES string of the molecule is Cc1ccccc1Cn1ccc(NC(=O)c2ccc([N+](=O)[O-])c(C)c2)n1. The zero-order valence-electron chi connectivity index (χ0n) is 14.5. The third kappa shape index (κ3) is 3.77. The minimum Gasteiger partial charge on any atom is -0.305 e. The topological polar surface area (TPSA) is 90.1 Å². The first-order chi connectivity index (χ1) is 12.4. The van der Waals surface area contributed by atoms with Gasteiger partial charge in [0, 0.05) is 29.5 Å². The molecule has 0 aliphatic rings. The Morgan fingerprint density at radius 3 is 2.62 bits per heavy atom. The average molecular weight is 350 g/mol. The van der Waals surface area contributed by atoms with Crippen LogP contribution in [0.2, 0.25) is 0 Å². The minimum atomic E-state index is -0.468. The number of nitro benzene ring substituents is 1. The molecule has 7 heteroatoms. The molecular weight excluding hydrogens is 332 g/mol. The maximum absolute atomic E-state index is 12.3. The molecule has 0 fully saturated rings. The van der Waals surface area contributed by atoms with Gasteiger partial charge in [0.1, 0.15) is 0 Å². The largest absolute Gasteiger partial charge is 0.305 e. The number of aryl methyl sites for hydroxylation is 2. The molecule has 2 aromatic carbocycles. The van der Waals surface area contributed by atoms with Crippen LogP contribution in [-0.2, 0) is 6.54 Å². The van der Waals surface area contributed by atoms with E-state index in [9.17, 15) is 14.9 Å². The molecule has 0 aliphatic heterocycles. The van der Waals surface area contributed by atoms with Crippen molar-refractivity contribution < 1.29 is 9.72 Å². The van der Waals surface area contributed by atoms with Crippen LogP contribution in [0, 0.1) is 24.0 Å².